The lowest BCUT2D eigenvalue weighted by Crippen LogP contribution is -2.45. The van der Waals surface area contributed by atoms with E-state index in [-0.39, 0.29) is 18.5 Å². The van der Waals surface area contributed by atoms with E-state index < -0.39 is 12.1 Å². The van der Waals surface area contributed by atoms with Crippen molar-refractivity contribution in [3.63, 3.8) is 0 Å². The van der Waals surface area contributed by atoms with E-state index in [4.69, 9.17) is 4.74 Å². The smallest absolute Gasteiger partial charge is 0.305 e. The Morgan fingerprint density at radius 2 is 0.602 bits per heavy atom. The third-order valence-electron chi connectivity index (χ3n) is 17.3. The Balaban J connectivity index is 3.37. The summed E-state index contributed by atoms with van der Waals surface area (Å²) in [5.74, 6) is -0.0506. The van der Waals surface area contributed by atoms with Gasteiger partial charge in [0, 0.05) is 12.8 Å². The van der Waals surface area contributed by atoms with Gasteiger partial charge >= 0.3 is 5.97 Å². The number of carbonyl (C=O) groups excluding carboxylic acids is 2. The van der Waals surface area contributed by atoms with Crippen LogP contribution in [-0.2, 0) is 14.3 Å². The first kappa shape index (κ1) is 80.8. The number of unbranched alkanes of at least 4 members (excludes halogenated alkanes) is 53. The summed E-state index contributed by atoms with van der Waals surface area (Å²) in [4.78, 5) is 24.6. The zero-order chi connectivity index (χ0) is 59.9. The van der Waals surface area contributed by atoms with Crippen LogP contribution in [0.1, 0.15) is 406 Å². The van der Waals surface area contributed by atoms with Gasteiger partial charge in [-0.2, -0.15) is 0 Å². The average Bonchev–Trinajstić information content (AvgIpc) is 3.49. The highest BCUT2D eigenvalue weighted by Crippen LogP contribution is 2.18. The van der Waals surface area contributed by atoms with Crippen LogP contribution in [0.4, 0.5) is 0 Å². The number of hydrogen-bond acceptors (Lipinski definition) is 5. The quantitative estimate of drug-likeness (QED) is 0.0320. The minimum absolute atomic E-state index is 0.0139. The Morgan fingerprint density at radius 3 is 0.928 bits per heavy atom. The van der Waals surface area contributed by atoms with E-state index in [0.29, 0.717) is 19.4 Å². The first-order chi connectivity index (χ1) is 41.0. The number of rotatable bonds is 70. The summed E-state index contributed by atoms with van der Waals surface area (Å²) in [6.07, 6.45) is 95.0. The molecule has 0 heterocycles. The Bertz CT molecular complexity index is 1390. The minimum Gasteiger partial charge on any atom is -0.466 e. The van der Waals surface area contributed by atoms with E-state index in [0.717, 1.165) is 51.4 Å². The van der Waals surface area contributed by atoms with Gasteiger partial charge in [0.2, 0.25) is 5.91 Å². The third-order valence-corrected chi connectivity index (χ3v) is 17.3. The van der Waals surface area contributed by atoms with Crippen LogP contribution in [0.5, 0.6) is 0 Å². The largest absolute Gasteiger partial charge is 0.466 e. The van der Waals surface area contributed by atoms with Gasteiger partial charge in [0.05, 0.1) is 25.4 Å². The molecule has 0 aromatic carbocycles. The summed E-state index contributed by atoms with van der Waals surface area (Å²) in [6.45, 7) is 4.92. The number of aliphatic hydroxyl groups is 2. The fraction of sp³-hybridized carbons (Fsp3) is 0.870. The first-order valence-corrected chi connectivity index (χ1v) is 37.4. The van der Waals surface area contributed by atoms with Crippen molar-refractivity contribution in [1.82, 2.24) is 5.32 Å². The predicted octanol–water partition coefficient (Wildman–Crippen LogP) is 24.4. The molecule has 0 aliphatic heterocycles. The first-order valence-electron chi connectivity index (χ1n) is 37.4. The monoisotopic (exact) mass is 1160 g/mol. The van der Waals surface area contributed by atoms with Gasteiger partial charge in [-0.3, -0.25) is 9.59 Å². The zero-order valence-corrected chi connectivity index (χ0v) is 55.9. The van der Waals surface area contributed by atoms with Gasteiger partial charge in [-0.1, -0.05) is 351 Å². The normalized spacial score (nSPS) is 12.8. The second kappa shape index (κ2) is 72.3. The molecule has 0 saturated heterocycles. The van der Waals surface area contributed by atoms with Gasteiger partial charge in [0.25, 0.3) is 0 Å². The second-order valence-electron chi connectivity index (χ2n) is 25.6. The molecular weight excluding hydrogens is 1020 g/mol. The fourth-order valence-electron chi connectivity index (χ4n) is 11.6. The van der Waals surface area contributed by atoms with Crippen LogP contribution >= 0.6 is 0 Å². The topological polar surface area (TPSA) is 95.9 Å². The molecule has 0 aliphatic carbocycles. The van der Waals surface area contributed by atoms with Crippen molar-refractivity contribution in [3.8, 4) is 0 Å². The zero-order valence-electron chi connectivity index (χ0n) is 55.9. The molecule has 3 N–H and O–H groups in total. The van der Waals surface area contributed by atoms with Crippen molar-refractivity contribution < 1.29 is 24.5 Å². The number of nitrogens with one attached hydrogen (secondary N) is 1. The van der Waals surface area contributed by atoms with E-state index in [2.05, 4.69) is 55.6 Å². The molecule has 0 fully saturated rings. The van der Waals surface area contributed by atoms with E-state index in [1.807, 2.05) is 6.08 Å². The summed E-state index contributed by atoms with van der Waals surface area (Å²) in [5, 5.41) is 23.1. The molecule has 2 atom stereocenters. The lowest BCUT2D eigenvalue weighted by molar-refractivity contribution is -0.143. The second-order valence-corrected chi connectivity index (χ2v) is 25.6. The Kier molecular flexibility index (Phi) is 70.4. The van der Waals surface area contributed by atoms with Gasteiger partial charge < -0.3 is 20.3 Å². The van der Waals surface area contributed by atoms with Crippen LogP contribution in [0.2, 0.25) is 0 Å². The number of allylic oxidation sites excluding steroid dienone is 7. The molecule has 0 radical (unpaired) electrons. The molecule has 0 rings (SSSR count). The van der Waals surface area contributed by atoms with Crippen molar-refractivity contribution >= 4 is 11.9 Å². The van der Waals surface area contributed by atoms with E-state index >= 15 is 0 Å². The van der Waals surface area contributed by atoms with Gasteiger partial charge in [-0.05, 0) is 89.9 Å². The van der Waals surface area contributed by atoms with Crippen LogP contribution < -0.4 is 5.32 Å². The molecular formula is C77H145NO5. The van der Waals surface area contributed by atoms with Gasteiger partial charge in [-0.25, -0.2) is 0 Å². The van der Waals surface area contributed by atoms with Gasteiger partial charge in [0.15, 0.2) is 0 Å². The van der Waals surface area contributed by atoms with Crippen molar-refractivity contribution in [1.29, 1.82) is 0 Å². The molecule has 0 aliphatic rings. The van der Waals surface area contributed by atoms with Crippen LogP contribution in [0.3, 0.4) is 0 Å². The molecule has 0 saturated carbocycles. The summed E-state index contributed by atoms with van der Waals surface area (Å²) in [7, 11) is 0. The maximum atomic E-state index is 12.5. The lowest BCUT2D eigenvalue weighted by Gasteiger charge is -2.20. The van der Waals surface area contributed by atoms with Crippen LogP contribution in [-0.4, -0.2) is 47.4 Å². The van der Waals surface area contributed by atoms with Crippen LogP contribution in [0, 0.1) is 0 Å². The molecule has 0 aromatic rings. The molecule has 2 unspecified atom stereocenters. The molecule has 0 aromatic heterocycles. The Morgan fingerprint density at radius 1 is 0.337 bits per heavy atom. The van der Waals surface area contributed by atoms with E-state index in [9.17, 15) is 19.8 Å². The average molecular weight is 1170 g/mol. The van der Waals surface area contributed by atoms with E-state index in [1.165, 1.54) is 327 Å². The number of amides is 1. The number of ether oxygens (including phenoxy) is 1. The highest BCUT2D eigenvalue weighted by atomic mass is 16.5. The van der Waals surface area contributed by atoms with Crippen molar-refractivity contribution in [2.45, 2.75) is 418 Å². The summed E-state index contributed by atoms with van der Waals surface area (Å²) in [5.41, 5.74) is 0. The number of carbonyl (C=O) groups is 2. The Hall–Kier alpha value is -2.18. The van der Waals surface area contributed by atoms with E-state index in [1.54, 1.807) is 6.08 Å². The minimum atomic E-state index is -0.842. The summed E-state index contributed by atoms with van der Waals surface area (Å²) in [6, 6.07) is -0.626. The highest BCUT2D eigenvalue weighted by Gasteiger charge is 2.18. The summed E-state index contributed by atoms with van der Waals surface area (Å²) < 4.78 is 5.51. The number of hydrogen-bond donors (Lipinski definition) is 3. The van der Waals surface area contributed by atoms with Crippen molar-refractivity contribution in [2.75, 3.05) is 13.2 Å². The number of esters is 1. The molecule has 0 spiro atoms. The molecule has 488 valence electrons. The van der Waals surface area contributed by atoms with Crippen molar-refractivity contribution in [3.05, 3.63) is 48.6 Å². The third kappa shape index (κ3) is 68.8. The van der Waals surface area contributed by atoms with Gasteiger partial charge in [0.1, 0.15) is 0 Å². The van der Waals surface area contributed by atoms with Crippen molar-refractivity contribution in [2.24, 2.45) is 0 Å². The van der Waals surface area contributed by atoms with Crippen LogP contribution in [0.15, 0.2) is 48.6 Å². The highest BCUT2D eigenvalue weighted by molar-refractivity contribution is 5.76. The SMILES string of the molecule is CCCCCCCCC/C=C\CCCCCCCCCC(=O)OCCCCCCCCCCCCC/C=C\C/C=C\CCCCCCCCCCCCCCCCCCCC(=O)NC(CO)C(O)/C=C/CCCCCCCCCCCCC. The molecule has 83 heavy (non-hydrogen) atoms. The fourth-order valence-corrected chi connectivity index (χ4v) is 11.6. The molecule has 6 heteroatoms. The summed E-state index contributed by atoms with van der Waals surface area (Å²) >= 11 is 0. The Labute approximate surface area is 518 Å². The maximum Gasteiger partial charge on any atom is 0.305 e. The maximum absolute atomic E-state index is 12.5. The molecule has 1 amide bonds. The predicted molar refractivity (Wildman–Crippen MR) is 366 cm³/mol. The molecule has 6 nitrogen and oxygen atoms in total. The van der Waals surface area contributed by atoms with Gasteiger partial charge in [-0.15, -0.1) is 0 Å². The lowest BCUT2D eigenvalue weighted by atomic mass is 10.0. The standard InChI is InChI=1S/C77H145NO5/c1-3-5-7-9-11-13-15-17-18-19-40-43-47-51-55-59-63-67-71-77(82)83-72-68-64-60-56-52-48-44-41-38-36-34-32-30-28-26-24-22-20-21-23-25-27-29-31-33-35-37-39-42-46-50-54-58-62-66-70-76(81)78-74(73-79)75(80)69-65-61-57-53-49-45-16-14-12-10-8-6-4-2/h18-19,22,24,28,30,65,69,74-75,79-80H,3-17,20-21,23,25-27,29,31-64,66-68,70-73H2,1-2H3,(H,78,81)/b19-18-,24-22-,30-28-,69-65+. The number of aliphatic hydroxyl groups excluding tert-OH is 2. The van der Waals surface area contributed by atoms with Crippen LogP contribution in [0.25, 0.3) is 0 Å². The molecule has 0 bridgehead atoms.